The summed E-state index contributed by atoms with van der Waals surface area (Å²) in [6.07, 6.45) is 7.61. The van der Waals surface area contributed by atoms with Crippen molar-refractivity contribution in [2.24, 2.45) is 0 Å². The van der Waals surface area contributed by atoms with E-state index >= 15 is 0 Å². The summed E-state index contributed by atoms with van der Waals surface area (Å²) in [6, 6.07) is 7.75. The monoisotopic (exact) mass is 738 g/mol. The maximum Gasteiger partial charge on any atom is 0.328 e. The third-order valence-electron chi connectivity index (χ3n) is 13.2. The highest BCUT2D eigenvalue weighted by atomic mass is 16.5. The van der Waals surface area contributed by atoms with Crippen molar-refractivity contribution in [1.82, 2.24) is 30.4 Å². The molecule has 2 aliphatic carbocycles. The van der Waals surface area contributed by atoms with Gasteiger partial charge in [-0.2, -0.15) is 10.2 Å². The number of amides is 2. The molecule has 2 aromatic carbocycles. The zero-order chi connectivity index (χ0) is 38.1. The Kier molecular flexibility index (Phi) is 7.19. The molecule has 2 atom stereocenters. The highest BCUT2D eigenvalue weighted by Gasteiger charge is 2.51. The molecule has 0 radical (unpaired) electrons. The van der Waals surface area contributed by atoms with Gasteiger partial charge in [-0.3, -0.25) is 24.7 Å². The van der Waals surface area contributed by atoms with E-state index in [1.165, 1.54) is 22.3 Å². The second-order valence-corrected chi connectivity index (χ2v) is 16.7. The maximum absolute atomic E-state index is 14.8. The molecule has 2 unspecified atom stereocenters. The minimum absolute atomic E-state index is 0.0586. The SMILES string of the molecule is CCOC(=O)C(C)N1C(=O)C(C)(CCCN2C(=O)C(C)(C)c3cc4[nH]c5c(c4cc32)CCc2cn[nH]c2-5)c2cc3[nH]c4c(c3cc21)CCCc1c-4n[nH]c1C. The van der Waals surface area contributed by atoms with Crippen LogP contribution in [0.4, 0.5) is 11.4 Å². The van der Waals surface area contributed by atoms with Gasteiger partial charge in [0.15, 0.2) is 0 Å². The number of hydrogen-bond acceptors (Lipinski definition) is 6. The number of hydrogen-bond donors (Lipinski definition) is 4. The van der Waals surface area contributed by atoms with Gasteiger partial charge in [0, 0.05) is 51.0 Å². The molecular weight excluding hydrogens is 693 g/mol. The van der Waals surface area contributed by atoms with Gasteiger partial charge in [0.25, 0.3) is 0 Å². The lowest BCUT2D eigenvalue weighted by Crippen LogP contribution is -2.47. The van der Waals surface area contributed by atoms with Gasteiger partial charge in [-0.1, -0.05) is 0 Å². The summed E-state index contributed by atoms with van der Waals surface area (Å²) >= 11 is 0. The predicted molar refractivity (Wildman–Crippen MR) is 211 cm³/mol. The quantitative estimate of drug-likeness (QED) is 0.130. The third-order valence-corrected chi connectivity index (χ3v) is 13.2. The summed E-state index contributed by atoms with van der Waals surface area (Å²) in [5, 5.41) is 17.5. The maximum atomic E-state index is 14.8. The average Bonchev–Trinajstić information content (AvgIpc) is 3.99. The van der Waals surface area contributed by atoms with Gasteiger partial charge < -0.3 is 19.6 Å². The summed E-state index contributed by atoms with van der Waals surface area (Å²) < 4.78 is 5.45. The number of ether oxygens (including phenoxy) is 1. The molecule has 10 rings (SSSR count). The van der Waals surface area contributed by atoms with Gasteiger partial charge in [-0.25, -0.2) is 4.79 Å². The van der Waals surface area contributed by atoms with E-state index in [0.717, 1.165) is 105 Å². The van der Waals surface area contributed by atoms with Crippen LogP contribution in [0.1, 0.15) is 93.0 Å². The molecule has 12 nitrogen and oxygen atoms in total. The lowest BCUT2D eigenvalue weighted by Gasteiger charge is -2.28. The van der Waals surface area contributed by atoms with Gasteiger partial charge >= 0.3 is 5.97 Å². The van der Waals surface area contributed by atoms with Crippen LogP contribution in [0.3, 0.4) is 0 Å². The van der Waals surface area contributed by atoms with Crippen molar-refractivity contribution in [2.75, 3.05) is 23.0 Å². The Morgan fingerprint density at radius 2 is 1.58 bits per heavy atom. The molecule has 0 saturated carbocycles. The molecule has 4 aromatic heterocycles. The lowest BCUT2D eigenvalue weighted by molar-refractivity contribution is -0.145. The molecular formula is C43H46N8O4. The second-order valence-electron chi connectivity index (χ2n) is 16.7. The molecule has 6 aromatic rings. The fraction of sp³-hybridized carbons (Fsp3) is 0.419. The van der Waals surface area contributed by atoms with E-state index in [1.807, 2.05) is 31.9 Å². The Labute approximate surface area is 318 Å². The van der Waals surface area contributed by atoms with E-state index in [9.17, 15) is 14.4 Å². The Morgan fingerprint density at radius 3 is 2.36 bits per heavy atom. The topological polar surface area (TPSA) is 156 Å². The molecule has 55 heavy (non-hydrogen) atoms. The van der Waals surface area contributed by atoms with Crippen LogP contribution in [0.2, 0.25) is 0 Å². The van der Waals surface area contributed by atoms with Gasteiger partial charge in [0.1, 0.15) is 11.7 Å². The smallest absolute Gasteiger partial charge is 0.328 e. The van der Waals surface area contributed by atoms with Gasteiger partial charge in [-0.05, 0) is 139 Å². The van der Waals surface area contributed by atoms with E-state index in [-0.39, 0.29) is 18.4 Å². The molecule has 0 bridgehead atoms. The number of aryl methyl sites for hydroxylation is 4. The minimum atomic E-state index is -0.937. The van der Waals surface area contributed by atoms with Crippen molar-refractivity contribution in [3.05, 3.63) is 69.5 Å². The van der Waals surface area contributed by atoms with Crippen molar-refractivity contribution in [3.63, 3.8) is 0 Å². The molecule has 4 N–H and O–H groups in total. The molecule has 2 amide bonds. The van der Waals surface area contributed by atoms with Crippen LogP contribution in [0, 0.1) is 6.92 Å². The van der Waals surface area contributed by atoms with Crippen molar-refractivity contribution in [3.8, 4) is 22.8 Å². The van der Waals surface area contributed by atoms with Crippen LogP contribution in [0.25, 0.3) is 44.6 Å². The van der Waals surface area contributed by atoms with Crippen LogP contribution in [0.15, 0.2) is 30.5 Å². The molecule has 12 heteroatoms. The van der Waals surface area contributed by atoms with Crippen molar-refractivity contribution < 1.29 is 19.1 Å². The fourth-order valence-electron chi connectivity index (χ4n) is 10.1. The molecule has 0 fully saturated rings. The first-order valence-electron chi connectivity index (χ1n) is 19.7. The van der Waals surface area contributed by atoms with Gasteiger partial charge in [-0.15, -0.1) is 0 Å². The summed E-state index contributed by atoms with van der Waals surface area (Å²) in [5.41, 5.74) is 14.0. The number of aromatic nitrogens is 6. The number of aromatic amines is 4. The van der Waals surface area contributed by atoms with Crippen LogP contribution < -0.4 is 9.80 Å². The van der Waals surface area contributed by atoms with Crippen LogP contribution in [0.5, 0.6) is 0 Å². The number of rotatable bonds is 7. The van der Waals surface area contributed by atoms with E-state index in [2.05, 4.69) is 56.5 Å². The normalized spacial score (nSPS) is 20.0. The summed E-state index contributed by atoms with van der Waals surface area (Å²) in [4.78, 5) is 53.1. The van der Waals surface area contributed by atoms with Crippen LogP contribution >= 0.6 is 0 Å². The first kappa shape index (κ1) is 33.9. The van der Waals surface area contributed by atoms with E-state index in [0.29, 0.717) is 19.4 Å². The molecule has 0 spiro atoms. The Hall–Kier alpha value is -5.65. The zero-order valence-electron chi connectivity index (χ0n) is 32.2. The average molecular weight is 739 g/mol. The largest absolute Gasteiger partial charge is 0.464 e. The van der Waals surface area contributed by atoms with Crippen molar-refractivity contribution >= 4 is 51.0 Å². The zero-order valence-corrected chi connectivity index (χ0v) is 32.2. The second kappa shape index (κ2) is 11.7. The minimum Gasteiger partial charge on any atom is -0.464 e. The first-order chi connectivity index (χ1) is 26.4. The molecule has 6 heterocycles. The van der Waals surface area contributed by atoms with E-state index in [4.69, 9.17) is 9.84 Å². The summed E-state index contributed by atoms with van der Waals surface area (Å²) in [7, 11) is 0. The first-order valence-corrected chi connectivity index (χ1v) is 19.7. The number of esters is 1. The standard InChI is InChI=1S/C43H46N8O4/c1-7-55-39(52)22(3)51-34-17-28-25-11-8-10-24-21(2)47-49-38(24)37(25)46-32(28)19-30(34)43(6,41(51)54)14-9-15-50-33-16-27-26-13-12-23-20-44-48-35(23)36(26)45-31(27)18-29(33)42(4,5)40(50)53/h16-20,22,45-46H,7-15H2,1-6H3,(H,44,48)(H,47,49). The highest BCUT2D eigenvalue weighted by Crippen LogP contribution is 2.50. The van der Waals surface area contributed by atoms with Crippen LogP contribution in [-0.2, 0) is 55.6 Å². The fourth-order valence-corrected chi connectivity index (χ4v) is 10.1. The molecule has 2 aliphatic heterocycles. The molecule has 282 valence electrons. The number of nitrogens with zero attached hydrogens (tertiary/aromatic N) is 4. The molecule has 4 aliphatic rings. The van der Waals surface area contributed by atoms with E-state index in [1.54, 1.807) is 18.7 Å². The third kappa shape index (κ3) is 4.60. The number of benzene rings is 2. The Balaban J connectivity index is 1.01. The number of carbonyl (C=O) groups excluding carboxylic acids is 3. The Bertz CT molecular complexity index is 2640. The number of anilines is 2. The number of nitrogens with one attached hydrogen (secondary N) is 4. The number of H-pyrrole nitrogens is 4. The highest BCUT2D eigenvalue weighted by molar-refractivity contribution is 6.14. The lowest BCUT2D eigenvalue weighted by atomic mass is 9.79. The Morgan fingerprint density at radius 1 is 0.873 bits per heavy atom. The number of carbonyl (C=O) groups is 3. The summed E-state index contributed by atoms with van der Waals surface area (Å²) in [5.74, 6) is -0.498. The van der Waals surface area contributed by atoms with Crippen molar-refractivity contribution in [1.29, 1.82) is 0 Å². The molecule has 0 saturated heterocycles. The van der Waals surface area contributed by atoms with Crippen molar-refractivity contribution in [2.45, 2.75) is 103 Å². The summed E-state index contributed by atoms with van der Waals surface area (Å²) in [6.45, 7) is 12.3. The predicted octanol–water partition coefficient (Wildman–Crippen LogP) is 6.99. The number of fused-ring (bicyclic) bond motifs is 12. The van der Waals surface area contributed by atoms with Crippen LogP contribution in [-0.4, -0.2) is 67.3 Å². The van der Waals surface area contributed by atoms with E-state index < -0.39 is 22.8 Å². The van der Waals surface area contributed by atoms with Gasteiger partial charge in [0.05, 0.1) is 40.7 Å². The van der Waals surface area contributed by atoms with Gasteiger partial charge in [0.2, 0.25) is 11.8 Å².